The van der Waals surface area contributed by atoms with Crippen LogP contribution >= 0.6 is 0 Å². The SMILES string of the molecule is COc1cc(OCCC(C)OC)ccc1C(=O)Nc1ccc(C(=O)Nc2ccc(-c3ccc(NC(=O)c4ccc(NC(=O)c5ccc(OCCC(C)OC)cc5OC)cc4)cc3)cc2)cc1. The molecule has 2 unspecified atom stereocenters. The topological polar surface area (TPSA) is 172 Å². The molecule has 2 atom stereocenters. The summed E-state index contributed by atoms with van der Waals surface area (Å²) >= 11 is 0. The zero-order valence-electron chi connectivity index (χ0n) is 37.8. The van der Waals surface area contributed by atoms with Gasteiger partial charge in [-0.2, -0.15) is 0 Å². The molecule has 0 fully saturated rings. The minimum Gasteiger partial charge on any atom is -0.496 e. The Morgan fingerprint density at radius 1 is 0.424 bits per heavy atom. The van der Waals surface area contributed by atoms with Crippen LogP contribution in [0.3, 0.4) is 0 Å². The summed E-state index contributed by atoms with van der Waals surface area (Å²) in [5, 5.41) is 11.5. The molecular weight excluding hydrogens is 841 g/mol. The average molecular weight is 895 g/mol. The lowest BCUT2D eigenvalue weighted by Crippen LogP contribution is -2.15. The highest BCUT2D eigenvalue weighted by Crippen LogP contribution is 2.29. The third kappa shape index (κ3) is 13.2. The van der Waals surface area contributed by atoms with E-state index in [1.165, 1.54) is 14.2 Å². The fourth-order valence-corrected chi connectivity index (χ4v) is 6.52. The van der Waals surface area contributed by atoms with Crippen LogP contribution in [0.25, 0.3) is 11.1 Å². The molecule has 6 rings (SSSR count). The number of benzene rings is 6. The summed E-state index contributed by atoms with van der Waals surface area (Å²) < 4.78 is 33.0. The van der Waals surface area contributed by atoms with Crippen LogP contribution in [0.15, 0.2) is 133 Å². The van der Waals surface area contributed by atoms with Gasteiger partial charge in [0.2, 0.25) is 0 Å². The first kappa shape index (κ1) is 47.8. The van der Waals surface area contributed by atoms with Gasteiger partial charge in [0.05, 0.1) is 50.8 Å². The van der Waals surface area contributed by atoms with E-state index in [0.29, 0.717) is 81.2 Å². The number of hydrogen-bond acceptors (Lipinski definition) is 10. The van der Waals surface area contributed by atoms with Crippen LogP contribution in [0.2, 0.25) is 0 Å². The molecule has 0 aromatic heterocycles. The highest BCUT2D eigenvalue weighted by Gasteiger charge is 2.17. The van der Waals surface area contributed by atoms with Gasteiger partial charge >= 0.3 is 0 Å². The lowest BCUT2D eigenvalue weighted by molar-refractivity contribution is 0.0952. The van der Waals surface area contributed by atoms with Crippen LogP contribution in [0.4, 0.5) is 22.7 Å². The zero-order chi connectivity index (χ0) is 47.0. The predicted octanol–water partition coefficient (Wildman–Crippen LogP) is 9.99. The van der Waals surface area contributed by atoms with E-state index in [-0.39, 0.29) is 35.8 Å². The first-order valence-corrected chi connectivity index (χ1v) is 21.3. The summed E-state index contributed by atoms with van der Waals surface area (Å²) in [4.78, 5) is 52.4. The number of ether oxygens (including phenoxy) is 6. The number of carbonyl (C=O) groups is 4. The van der Waals surface area contributed by atoms with Gasteiger partial charge in [-0.3, -0.25) is 19.2 Å². The van der Waals surface area contributed by atoms with Gasteiger partial charge in [-0.25, -0.2) is 0 Å². The fraction of sp³-hybridized carbons (Fsp3) is 0.231. The van der Waals surface area contributed by atoms with Crippen molar-refractivity contribution in [1.82, 2.24) is 0 Å². The monoisotopic (exact) mass is 894 g/mol. The average Bonchev–Trinajstić information content (AvgIpc) is 3.34. The summed E-state index contributed by atoms with van der Waals surface area (Å²) in [5.74, 6) is 0.543. The minimum absolute atomic E-state index is 0.0690. The molecule has 342 valence electrons. The first-order valence-electron chi connectivity index (χ1n) is 21.3. The molecule has 0 heterocycles. The van der Waals surface area contributed by atoms with Crippen LogP contribution in [0.1, 0.15) is 68.1 Å². The zero-order valence-corrected chi connectivity index (χ0v) is 37.8. The largest absolute Gasteiger partial charge is 0.496 e. The molecule has 0 bridgehead atoms. The van der Waals surface area contributed by atoms with Crippen molar-refractivity contribution in [3.63, 3.8) is 0 Å². The van der Waals surface area contributed by atoms with E-state index in [1.807, 2.05) is 62.4 Å². The number of hydrogen-bond donors (Lipinski definition) is 4. The van der Waals surface area contributed by atoms with Crippen LogP contribution in [0.5, 0.6) is 23.0 Å². The number of amides is 4. The highest BCUT2D eigenvalue weighted by molar-refractivity contribution is 6.09. The summed E-state index contributed by atoms with van der Waals surface area (Å²) in [6.07, 6.45) is 1.58. The second-order valence-electron chi connectivity index (χ2n) is 15.2. The lowest BCUT2D eigenvalue weighted by Gasteiger charge is -2.14. The number of nitrogens with one attached hydrogen (secondary N) is 4. The standard InChI is InChI=1S/C52H54N4O10/c1-33(61-3)27-29-65-43-23-25-45(47(31-43)63-5)51(59)55-41-19-11-37(12-20-41)49(57)53-39-15-7-35(8-16-39)36-9-17-40(18-10-36)54-50(58)38-13-21-42(22-14-38)56-52(60)46-26-24-44(32-48(46)64-6)66-30-28-34(2)62-4/h7-26,31-34H,27-30H2,1-6H3,(H,53,57)(H,54,58)(H,55,59)(H,56,60). The van der Waals surface area contributed by atoms with E-state index >= 15 is 0 Å². The van der Waals surface area contributed by atoms with Crippen LogP contribution in [0, 0.1) is 0 Å². The molecule has 14 heteroatoms. The maximum Gasteiger partial charge on any atom is 0.259 e. The fourth-order valence-electron chi connectivity index (χ4n) is 6.52. The Hall–Kier alpha value is -7.68. The van der Waals surface area contributed by atoms with Gasteiger partial charge in [-0.15, -0.1) is 0 Å². The van der Waals surface area contributed by atoms with E-state index in [4.69, 9.17) is 28.4 Å². The lowest BCUT2D eigenvalue weighted by atomic mass is 10.0. The second-order valence-corrected chi connectivity index (χ2v) is 15.2. The van der Waals surface area contributed by atoms with Crippen LogP contribution < -0.4 is 40.2 Å². The quantitative estimate of drug-likeness (QED) is 0.0545. The first-order chi connectivity index (χ1) is 32.0. The maximum atomic E-state index is 13.1. The van der Waals surface area contributed by atoms with Crippen LogP contribution in [-0.2, 0) is 9.47 Å². The van der Waals surface area contributed by atoms with Crippen LogP contribution in [-0.4, -0.2) is 77.5 Å². The number of anilines is 4. The Labute approximate surface area is 384 Å². The minimum atomic E-state index is -0.369. The Balaban J connectivity index is 0.963. The molecule has 66 heavy (non-hydrogen) atoms. The molecule has 0 saturated carbocycles. The molecule has 14 nitrogen and oxygen atoms in total. The molecule has 6 aromatic rings. The van der Waals surface area contributed by atoms with Gasteiger partial charge < -0.3 is 49.7 Å². The Bertz CT molecular complexity index is 2400. The Kier molecular flexibility index (Phi) is 16.9. The summed E-state index contributed by atoms with van der Waals surface area (Å²) in [7, 11) is 6.28. The third-order valence-electron chi connectivity index (χ3n) is 10.7. The molecule has 0 spiro atoms. The maximum absolute atomic E-state index is 13.1. The normalized spacial score (nSPS) is 11.7. The highest BCUT2D eigenvalue weighted by atomic mass is 16.5. The van der Waals surface area contributed by atoms with Crippen molar-refractivity contribution >= 4 is 46.4 Å². The predicted molar refractivity (Wildman–Crippen MR) is 256 cm³/mol. The second kappa shape index (κ2) is 23.3. The van der Waals surface area contributed by atoms with Crippen molar-refractivity contribution in [2.24, 2.45) is 0 Å². The molecule has 0 aliphatic rings. The summed E-state index contributed by atoms with van der Waals surface area (Å²) in [6.45, 7) is 4.85. The molecule has 4 N–H and O–H groups in total. The van der Waals surface area contributed by atoms with E-state index in [0.717, 1.165) is 24.0 Å². The summed E-state index contributed by atoms with van der Waals surface area (Å²) in [5.41, 5.74) is 5.54. The van der Waals surface area contributed by atoms with E-state index in [1.54, 1.807) is 99.1 Å². The van der Waals surface area contributed by atoms with Gasteiger partial charge in [0.1, 0.15) is 23.0 Å². The number of carbonyl (C=O) groups excluding carboxylic acids is 4. The molecule has 0 radical (unpaired) electrons. The van der Waals surface area contributed by atoms with Crippen molar-refractivity contribution < 1.29 is 47.6 Å². The van der Waals surface area contributed by atoms with Crippen molar-refractivity contribution in [3.8, 4) is 34.1 Å². The molecule has 0 aliphatic heterocycles. The van der Waals surface area contributed by atoms with Gasteiger partial charge in [0, 0.05) is 73.1 Å². The van der Waals surface area contributed by atoms with E-state index < -0.39 is 0 Å². The van der Waals surface area contributed by atoms with Gasteiger partial charge in [-0.05, 0) is 122 Å². The Morgan fingerprint density at radius 2 is 0.742 bits per heavy atom. The molecular formula is C52H54N4O10. The smallest absolute Gasteiger partial charge is 0.259 e. The molecule has 0 saturated heterocycles. The summed E-state index contributed by atoms with van der Waals surface area (Å²) in [6, 6.07) is 38.0. The van der Waals surface area contributed by atoms with Crippen molar-refractivity contribution in [3.05, 3.63) is 156 Å². The number of rotatable bonds is 21. The molecule has 0 aliphatic carbocycles. The number of methoxy groups -OCH3 is 4. The van der Waals surface area contributed by atoms with Gasteiger partial charge in [0.15, 0.2) is 0 Å². The molecule has 6 aromatic carbocycles. The van der Waals surface area contributed by atoms with E-state index in [9.17, 15) is 19.2 Å². The van der Waals surface area contributed by atoms with Gasteiger partial charge in [-0.1, -0.05) is 24.3 Å². The van der Waals surface area contributed by atoms with Gasteiger partial charge in [0.25, 0.3) is 23.6 Å². The molecule has 4 amide bonds. The van der Waals surface area contributed by atoms with Crippen molar-refractivity contribution in [1.29, 1.82) is 0 Å². The van der Waals surface area contributed by atoms with Crippen molar-refractivity contribution in [2.45, 2.75) is 38.9 Å². The Morgan fingerprint density at radius 3 is 1.06 bits per heavy atom. The third-order valence-corrected chi connectivity index (χ3v) is 10.7. The van der Waals surface area contributed by atoms with Crippen molar-refractivity contribution in [2.75, 3.05) is 62.9 Å². The van der Waals surface area contributed by atoms with E-state index in [2.05, 4.69) is 21.3 Å².